The molecular formula is C21H22BrN3O2S. The van der Waals surface area contributed by atoms with Gasteiger partial charge in [0.2, 0.25) is 0 Å². The van der Waals surface area contributed by atoms with Crippen LogP contribution in [-0.2, 0) is 0 Å². The van der Waals surface area contributed by atoms with Crippen LogP contribution in [0.1, 0.15) is 46.4 Å². The first-order valence-corrected chi connectivity index (χ1v) is 10.5. The van der Waals surface area contributed by atoms with Crippen LogP contribution >= 0.6 is 28.1 Å². The monoisotopic (exact) mass is 459 g/mol. The molecule has 1 fully saturated rings. The number of likely N-dealkylation sites (tertiary alicyclic amines) is 1. The van der Waals surface area contributed by atoms with Gasteiger partial charge in [-0.3, -0.25) is 14.9 Å². The van der Waals surface area contributed by atoms with E-state index in [0.717, 1.165) is 30.4 Å². The summed E-state index contributed by atoms with van der Waals surface area (Å²) in [5, 5.41) is 5.83. The number of thiocarbonyl (C=S) groups is 1. The third-order valence-corrected chi connectivity index (χ3v) is 5.35. The first kappa shape index (κ1) is 20.5. The maximum absolute atomic E-state index is 12.6. The molecular weight excluding hydrogens is 438 g/mol. The summed E-state index contributed by atoms with van der Waals surface area (Å²) in [4.78, 5) is 26.8. The highest BCUT2D eigenvalue weighted by atomic mass is 79.9. The molecule has 1 heterocycles. The van der Waals surface area contributed by atoms with Crippen LogP contribution < -0.4 is 10.6 Å². The Morgan fingerprint density at radius 3 is 2.04 bits per heavy atom. The number of anilines is 1. The number of amides is 2. The van der Waals surface area contributed by atoms with Crippen molar-refractivity contribution in [2.24, 2.45) is 0 Å². The maximum atomic E-state index is 12.6. The van der Waals surface area contributed by atoms with E-state index in [9.17, 15) is 9.59 Å². The molecule has 0 aliphatic carbocycles. The van der Waals surface area contributed by atoms with E-state index in [1.54, 1.807) is 48.5 Å². The van der Waals surface area contributed by atoms with E-state index in [-0.39, 0.29) is 16.9 Å². The lowest BCUT2D eigenvalue weighted by Gasteiger charge is -2.20. The highest BCUT2D eigenvalue weighted by molar-refractivity contribution is 9.10. The Balaban J connectivity index is 1.56. The van der Waals surface area contributed by atoms with Gasteiger partial charge in [-0.15, -0.1) is 0 Å². The standard InChI is InChI=1S/C21H22BrN3O2S/c22-17-9-5-15(6-10-17)19(26)24-21(28)23-18-11-7-16(8-12-18)20(27)25-13-3-1-2-4-14-25/h5-12H,1-4,13-14H2,(H2,23,24,26,28). The molecule has 146 valence electrons. The van der Waals surface area contributed by atoms with Crippen LogP contribution in [0.3, 0.4) is 0 Å². The molecule has 0 bridgehead atoms. The van der Waals surface area contributed by atoms with Gasteiger partial charge in [0, 0.05) is 34.4 Å². The third-order valence-electron chi connectivity index (χ3n) is 4.62. The molecule has 2 amide bonds. The van der Waals surface area contributed by atoms with Crippen molar-refractivity contribution in [1.82, 2.24) is 10.2 Å². The minimum absolute atomic E-state index is 0.0690. The minimum atomic E-state index is -0.280. The third kappa shape index (κ3) is 5.62. The smallest absolute Gasteiger partial charge is 0.257 e. The van der Waals surface area contributed by atoms with Crippen molar-refractivity contribution in [3.05, 3.63) is 64.1 Å². The summed E-state index contributed by atoms with van der Waals surface area (Å²) >= 11 is 8.55. The zero-order chi connectivity index (χ0) is 19.9. The molecule has 5 nitrogen and oxygen atoms in total. The van der Waals surface area contributed by atoms with Crippen molar-refractivity contribution in [2.45, 2.75) is 25.7 Å². The SMILES string of the molecule is O=C(NC(=S)Nc1ccc(C(=O)N2CCCCCC2)cc1)c1ccc(Br)cc1. The Hall–Kier alpha value is -2.25. The average Bonchev–Trinajstić information content (AvgIpc) is 2.98. The van der Waals surface area contributed by atoms with Crippen LogP contribution in [0.25, 0.3) is 0 Å². The van der Waals surface area contributed by atoms with Crippen LogP contribution in [0, 0.1) is 0 Å². The number of carbonyl (C=O) groups is 2. The van der Waals surface area contributed by atoms with Gasteiger partial charge in [-0.25, -0.2) is 0 Å². The molecule has 0 atom stereocenters. The van der Waals surface area contributed by atoms with Gasteiger partial charge < -0.3 is 10.2 Å². The number of rotatable bonds is 3. The average molecular weight is 460 g/mol. The number of benzene rings is 2. The summed E-state index contributed by atoms with van der Waals surface area (Å²) in [6.45, 7) is 1.65. The number of nitrogens with zero attached hydrogens (tertiary/aromatic N) is 1. The van der Waals surface area contributed by atoms with Gasteiger partial charge in [-0.2, -0.15) is 0 Å². The molecule has 0 saturated carbocycles. The van der Waals surface area contributed by atoms with Crippen molar-refractivity contribution in [1.29, 1.82) is 0 Å². The molecule has 7 heteroatoms. The van der Waals surface area contributed by atoms with Gasteiger partial charge in [0.15, 0.2) is 5.11 Å². The summed E-state index contributed by atoms with van der Waals surface area (Å²) in [5.74, 6) is -0.211. The van der Waals surface area contributed by atoms with E-state index in [1.165, 1.54) is 12.8 Å². The van der Waals surface area contributed by atoms with Gasteiger partial charge in [-0.1, -0.05) is 28.8 Å². The number of nitrogens with one attached hydrogen (secondary N) is 2. The van der Waals surface area contributed by atoms with Crippen LogP contribution in [0.2, 0.25) is 0 Å². The molecule has 2 aromatic rings. The lowest BCUT2D eigenvalue weighted by atomic mass is 10.1. The topological polar surface area (TPSA) is 61.4 Å². The molecule has 3 rings (SSSR count). The predicted octanol–water partition coefficient (Wildman–Crippen LogP) is 4.59. The van der Waals surface area contributed by atoms with Gasteiger partial charge in [0.25, 0.3) is 11.8 Å². The van der Waals surface area contributed by atoms with E-state index >= 15 is 0 Å². The van der Waals surface area contributed by atoms with Gasteiger partial charge in [0.05, 0.1) is 0 Å². The normalized spacial score (nSPS) is 14.1. The molecule has 1 saturated heterocycles. The highest BCUT2D eigenvalue weighted by Gasteiger charge is 2.17. The molecule has 0 radical (unpaired) electrons. The van der Waals surface area contributed by atoms with Crippen LogP contribution in [0.5, 0.6) is 0 Å². The molecule has 2 N–H and O–H groups in total. The van der Waals surface area contributed by atoms with E-state index in [0.29, 0.717) is 16.8 Å². The summed E-state index contributed by atoms with van der Waals surface area (Å²) in [7, 11) is 0. The summed E-state index contributed by atoms with van der Waals surface area (Å²) in [6, 6.07) is 14.2. The Bertz CT molecular complexity index is 845. The number of carbonyl (C=O) groups excluding carboxylic acids is 2. The van der Waals surface area contributed by atoms with Crippen LogP contribution in [0.4, 0.5) is 5.69 Å². The minimum Gasteiger partial charge on any atom is -0.339 e. The lowest BCUT2D eigenvalue weighted by Crippen LogP contribution is -2.34. The second kappa shape index (κ2) is 9.80. The molecule has 0 aromatic heterocycles. The second-order valence-corrected chi connectivity index (χ2v) is 8.02. The second-order valence-electron chi connectivity index (χ2n) is 6.70. The largest absolute Gasteiger partial charge is 0.339 e. The predicted molar refractivity (Wildman–Crippen MR) is 119 cm³/mol. The molecule has 1 aliphatic rings. The maximum Gasteiger partial charge on any atom is 0.257 e. The van der Waals surface area contributed by atoms with Crippen molar-refractivity contribution >= 4 is 50.8 Å². The van der Waals surface area contributed by atoms with Gasteiger partial charge in [0.1, 0.15) is 0 Å². The first-order valence-electron chi connectivity index (χ1n) is 9.30. The van der Waals surface area contributed by atoms with Gasteiger partial charge in [-0.05, 0) is 73.6 Å². The van der Waals surface area contributed by atoms with E-state index in [1.807, 2.05) is 4.90 Å². The molecule has 0 unspecified atom stereocenters. The van der Waals surface area contributed by atoms with E-state index in [2.05, 4.69) is 26.6 Å². The number of halogens is 1. The lowest BCUT2D eigenvalue weighted by molar-refractivity contribution is 0.0761. The van der Waals surface area contributed by atoms with Crippen LogP contribution in [0.15, 0.2) is 53.0 Å². The number of hydrogen-bond acceptors (Lipinski definition) is 3. The zero-order valence-corrected chi connectivity index (χ0v) is 17.8. The summed E-state index contributed by atoms with van der Waals surface area (Å²) in [5.41, 5.74) is 1.90. The Kier molecular flexibility index (Phi) is 7.17. The Morgan fingerprint density at radius 1 is 0.857 bits per heavy atom. The van der Waals surface area contributed by atoms with Crippen molar-refractivity contribution in [3.63, 3.8) is 0 Å². The molecule has 0 spiro atoms. The zero-order valence-electron chi connectivity index (χ0n) is 15.4. The van der Waals surface area contributed by atoms with E-state index in [4.69, 9.17) is 12.2 Å². The van der Waals surface area contributed by atoms with E-state index < -0.39 is 0 Å². The quantitative estimate of drug-likeness (QED) is 0.658. The molecule has 1 aliphatic heterocycles. The Labute approximate surface area is 178 Å². The van der Waals surface area contributed by atoms with Crippen molar-refractivity contribution < 1.29 is 9.59 Å². The fourth-order valence-corrected chi connectivity index (χ4v) is 3.57. The fourth-order valence-electron chi connectivity index (χ4n) is 3.09. The highest BCUT2D eigenvalue weighted by Crippen LogP contribution is 2.16. The summed E-state index contributed by atoms with van der Waals surface area (Å²) < 4.78 is 0.902. The van der Waals surface area contributed by atoms with Crippen LogP contribution in [-0.4, -0.2) is 34.9 Å². The Morgan fingerprint density at radius 2 is 1.43 bits per heavy atom. The number of hydrogen-bond donors (Lipinski definition) is 2. The molecule has 2 aromatic carbocycles. The molecule has 28 heavy (non-hydrogen) atoms. The summed E-state index contributed by atoms with van der Waals surface area (Å²) in [6.07, 6.45) is 4.52. The van der Waals surface area contributed by atoms with Crippen molar-refractivity contribution in [2.75, 3.05) is 18.4 Å². The van der Waals surface area contributed by atoms with Crippen molar-refractivity contribution in [3.8, 4) is 0 Å². The van der Waals surface area contributed by atoms with Gasteiger partial charge >= 0.3 is 0 Å². The first-order chi connectivity index (χ1) is 13.5. The fraction of sp³-hybridized carbons (Fsp3) is 0.286.